The molecule has 0 spiro atoms. The lowest BCUT2D eigenvalue weighted by molar-refractivity contribution is -0.141. The van der Waals surface area contributed by atoms with E-state index in [0.29, 0.717) is 32.8 Å². The Morgan fingerprint density at radius 3 is 2.47 bits per heavy atom. The quantitative estimate of drug-likeness (QED) is 0.656. The molecule has 2 aromatic carbocycles. The van der Waals surface area contributed by atoms with Crippen LogP contribution >= 0.6 is 0 Å². The molecule has 1 heterocycles. The van der Waals surface area contributed by atoms with E-state index in [0.717, 1.165) is 11.1 Å². The molecular weight excluding hydrogens is 394 g/mol. The van der Waals surface area contributed by atoms with Crippen molar-refractivity contribution in [2.75, 3.05) is 40.5 Å². The van der Waals surface area contributed by atoms with Crippen LogP contribution in [-0.2, 0) is 16.1 Å². The first kappa shape index (κ1) is 22.0. The summed E-state index contributed by atoms with van der Waals surface area (Å²) >= 11 is 0. The maximum absolute atomic E-state index is 13.3. The first-order valence-electron chi connectivity index (χ1n) is 9.73. The normalized spacial score (nSPS) is 15.3. The number of alkyl halides is 2. The summed E-state index contributed by atoms with van der Waals surface area (Å²) in [6, 6.07) is 13.9. The maximum Gasteiger partial charge on any atom is 0.387 e. The molecular formula is C22H26F2N2O4. The van der Waals surface area contributed by atoms with Gasteiger partial charge in [0.25, 0.3) is 0 Å². The summed E-state index contributed by atoms with van der Waals surface area (Å²) in [7, 11) is 3.27. The van der Waals surface area contributed by atoms with Gasteiger partial charge in [0.1, 0.15) is 6.04 Å². The number of rotatable bonds is 8. The van der Waals surface area contributed by atoms with Crippen LogP contribution < -0.4 is 9.47 Å². The third-order valence-electron chi connectivity index (χ3n) is 4.99. The van der Waals surface area contributed by atoms with Crippen LogP contribution in [0.15, 0.2) is 48.5 Å². The molecule has 8 heteroatoms. The number of hydrogen-bond donors (Lipinski definition) is 0. The largest absolute Gasteiger partial charge is 0.493 e. The number of carbonyl (C=O) groups is 1. The number of carbonyl (C=O) groups excluding carboxylic acids is 1. The number of hydrogen-bond acceptors (Lipinski definition) is 5. The average molecular weight is 420 g/mol. The Morgan fingerprint density at radius 2 is 1.83 bits per heavy atom. The molecule has 0 bridgehead atoms. The molecule has 1 aliphatic heterocycles. The van der Waals surface area contributed by atoms with Crippen molar-refractivity contribution in [1.82, 2.24) is 9.80 Å². The zero-order valence-electron chi connectivity index (χ0n) is 17.1. The molecule has 1 fully saturated rings. The molecule has 0 saturated carbocycles. The van der Waals surface area contributed by atoms with Crippen LogP contribution in [0.5, 0.6) is 11.5 Å². The number of amides is 1. The van der Waals surface area contributed by atoms with E-state index >= 15 is 0 Å². The van der Waals surface area contributed by atoms with E-state index in [1.54, 1.807) is 12.1 Å². The highest BCUT2D eigenvalue weighted by Gasteiger charge is 2.30. The number of halogens is 2. The lowest BCUT2D eigenvalue weighted by Crippen LogP contribution is -2.46. The van der Waals surface area contributed by atoms with E-state index in [4.69, 9.17) is 9.47 Å². The number of likely N-dealkylation sites (N-methyl/N-ethyl adjacent to an activating group) is 1. The van der Waals surface area contributed by atoms with Gasteiger partial charge in [-0.1, -0.05) is 36.4 Å². The second-order valence-corrected chi connectivity index (χ2v) is 7.03. The van der Waals surface area contributed by atoms with E-state index in [1.807, 2.05) is 47.2 Å². The summed E-state index contributed by atoms with van der Waals surface area (Å²) in [5.74, 6) is 0.205. The van der Waals surface area contributed by atoms with Crippen LogP contribution in [-0.4, -0.2) is 62.8 Å². The Hall–Kier alpha value is -2.71. The lowest BCUT2D eigenvalue weighted by Gasteiger charge is -2.34. The molecule has 0 unspecified atom stereocenters. The first-order valence-corrected chi connectivity index (χ1v) is 9.73. The molecule has 2 aromatic rings. The van der Waals surface area contributed by atoms with Crippen LogP contribution in [0.25, 0.3) is 0 Å². The standard InChI is InChI=1S/C22H26F2N2O4/c1-25(15-16-8-9-18(30-22(23)24)19(14-16)28-2)20(17-6-4-3-5-7-17)21(27)26-10-12-29-13-11-26/h3-9,14,20,22H,10-13,15H2,1-2H3/t20-/m0/s1. The van der Waals surface area contributed by atoms with E-state index in [1.165, 1.54) is 13.2 Å². The molecule has 1 atom stereocenters. The van der Waals surface area contributed by atoms with Crippen molar-refractivity contribution in [1.29, 1.82) is 0 Å². The molecule has 162 valence electrons. The van der Waals surface area contributed by atoms with Gasteiger partial charge in [-0.3, -0.25) is 9.69 Å². The highest BCUT2D eigenvalue weighted by Crippen LogP contribution is 2.31. The summed E-state index contributed by atoms with van der Waals surface area (Å²) in [5, 5.41) is 0. The van der Waals surface area contributed by atoms with Crippen molar-refractivity contribution >= 4 is 5.91 Å². The summed E-state index contributed by atoms with van der Waals surface area (Å²) < 4.78 is 40.2. The third-order valence-corrected chi connectivity index (χ3v) is 4.99. The van der Waals surface area contributed by atoms with E-state index in [9.17, 15) is 13.6 Å². The smallest absolute Gasteiger partial charge is 0.387 e. The molecule has 1 saturated heterocycles. The Kier molecular flexibility index (Phi) is 7.59. The average Bonchev–Trinajstić information content (AvgIpc) is 2.76. The van der Waals surface area contributed by atoms with Gasteiger partial charge in [0.05, 0.1) is 20.3 Å². The number of morpholine rings is 1. The monoisotopic (exact) mass is 420 g/mol. The first-order chi connectivity index (χ1) is 14.5. The molecule has 30 heavy (non-hydrogen) atoms. The van der Waals surface area contributed by atoms with Crippen molar-refractivity contribution < 1.29 is 27.8 Å². The fourth-order valence-electron chi connectivity index (χ4n) is 3.56. The van der Waals surface area contributed by atoms with Gasteiger partial charge < -0.3 is 19.1 Å². The molecule has 1 amide bonds. The minimum Gasteiger partial charge on any atom is -0.493 e. The van der Waals surface area contributed by atoms with Gasteiger partial charge in [0.15, 0.2) is 11.5 Å². The van der Waals surface area contributed by atoms with Crippen LogP contribution in [0.1, 0.15) is 17.2 Å². The SMILES string of the molecule is COc1cc(CN(C)[C@H](C(=O)N2CCOCC2)c2ccccc2)ccc1OC(F)F. The van der Waals surface area contributed by atoms with Gasteiger partial charge in [0.2, 0.25) is 5.91 Å². The maximum atomic E-state index is 13.3. The lowest BCUT2D eigenvalue weighted by atomic mass is 10.0. The van der Waals surface area contributed by atoms with E-state index in [-0.39, 0.29) is 17.4 Å². The van der Waals surface area contributed by atoms with Crippen LogP contribution in [0.4, 0.5) is 8.78 Å². The van der Waals surface area contributed by atoms with Crippen molar-refractivity contribution in [3.05, 3.63) is 59.7 Å². The van der Waals surface area contributed by atoms with E-state index in [2.05, 4.69) is 4.74 Å². The van der Waals surface area contributed by atoms with Gasteiger partial charge in [0, 0.05) is 19.6 Å². The van der Waals surface area contributed by atoms with Gasteiger partial charge in [-0.2, -0.15) is 8.78 Å². The summed E-state index contributed by atoms with van der Waals surface area (Å²) in [6.45, 7) is -0.339. The van der Waals surface area contributed by atoms with Gasteiger partial charge in [-0.25, -0.2) is 0 Å². The second-order valence-electron chi connectivity index (χ2n) is 7.03. The summed E-state index contributed by atoms with van der Waals surface area (Å²) in [5.41, 5.74) is 1.70. The number of methoxy groups -OCH3 is 1. The highest BCUT2D eigenvalue weighted by molar-refractivity contribution is 5.83. The molecule has 0 aromatic heterocycles. The van der Waals surface area contributed by atoms with Crippen molar-refractivity contribution in [2.45, 2.75) is 19.2 Å². The second kappa shape index (κ2) is 10.4. The molecule has 3 rings (SSSR count). The molecule has 0 N–H and O–H groups in total. The number of ether oxygens (including phenoxy) is 3. The molecule has 1 aliphatic rings. The van der Waals surface area contributed by atoms with E-state index < -0.39 is 12.7 Å². The fraction of sp³-hybridized carbons (Fsp3) is 0.409. The van der Waals surface area contributed by atoms with Crippen molar-refractivity contribution in [3.63, 3.8) is 0 Å². The van der Waals surface area contributed by atoms with Gasteiger partial charge in [-0.05, 0) is 30.3 Å². The van der Waals surface area contributed by atoms with Gasteiger partial charge in [-0.15, -0.1) is 0 Å². The Labute approximate surface area is 174 Å². The number of benzene rings is 2. The van der Waals surface area contributed by atoms with Crippen LogP contribution in [0.2, 0.25) is 0 Å². The minimum atomic E-state index is -2.93. The zero-order valence-corrected chi connectivity index (χ0v) is 17.1. The number of nitrogens with zero attached hydrogens (tertiary/aromatic N) is 2. The Bertz CT molecular complexity index is 829. The van der Waals surface area contributed by atoms with Gasteiger partial charge >= 0.3 is 6.61 Å². The van der Waals surface area contributed by atoms with Crippen LogP contribution in [0.3, 0.4) is 0 Å². The zero-order chi connectivity index (χ0) is 21.5. The van der Waals surface area contributed by atoms with Crippen molar-refractivity contribution in [3.8, 4) is 11.5 Å². The summed E-state index contributed by atoms with van der Waals surface area (Å²) in [6.07, 6.45) is 0. The van der Waals surface area contributed by atoms with Crippen molar-refractivity contribution in [2.24, 2.45) is 0 Å². The predicted octanol–water partition coefficient (Wildman–Crippen LogP) is 3.33. The topological polar surface area (TPSA) is 51.2 Å². The molecule has 6 nitrogen and oxygen atoms in total. The molecule has 0 aliphatic carbocycles. The predicted molar refractivity (Wildman–Crippen MR) is 108 cm³/mol. The molecule has 0 radical (unpaired) electrons. The fourth-order valence-corrected chi connectivity index (χ4v) is 3.56. The Morgan fingerprint density at radius 1 is 1.13 bits per heavy atom. The third kappa shape index (κ3) is 5.46. The Balaban J connectivity index is 1.82. The summed E-state index contributed by atoms with van der Waals surface area (Å²) in [4.78, 5) is 17.1. The van der Waals surface area contributed by atoms with Crippen LogP contribution in [0, 0.1) is 0 Å². The highest BCUT2D eigenvalue weighted by atomic mass is 19.3. The minimum absolute atomic E-state index is 0.0108.